The molecule has 1 saturated heterocycles. The monoisotopic (exact) mass is 410 g/mol. The summed E-state index contributed by atoms with van der Waals surface area (Å²) in [5, 5.41) is 13.1. The third-order valence-corrected chi connectivity index (χ3v) is 6.24. The Labute approximate surface area is 167 Å². The van der Waals surface area contributed by atoms with Gasteiger partial charge in [-0.05, 0) is 61.7 Å². The van der Waals surface area contributed by atoms with Crippen LogP contribution in [-0.4, -0.2) is 37.5 Å². The zero-order valence-corrected chi connectivity index (χ0v) is 16.3. The number of fused-ring (bicyclic) bond motifs is 1. The molecule has 1 aromatic heterocycles. The smallest absolute Gasteiger partial charge is 0.276 e. The van der Waals surface area contributed by atoms with Crippen LogP contribution in [0.1, 0.15) is 35.3 Å². The van der Waals surface area contributed by atoms with Crippen LogP contribution >= 0.6 is 0 Å². The molecule has 2 aromatic carbocycles. The van der Waals surface area contributed by atoms with E-state index in [4.69, 9.17) is 9.78 Å². The molecule has 0 saturated carbocycles. The molecule has 0 spiro atoms. The Hall–Kier alpha value is -3.38. The molecule has 1 amide bonds. The molecule has 1 aliphatic heterocycles. The Morgan fingerprint density at radius 2 is 1.83 bits per heavy atom. The Morgan fingerprint density at radius 3 is 2.52 bits per heavy atom. The van der Waals surface area contributed by atoms with Gasteiger partial charge >= 0.3 is 0 Å². The lowest BCUT2D eigenvalue weighted by atomic mass is 10.1. The summed E-state index contributed by atoms with van der Waals surface area (Å²) in [4.78, 5) is 14.5. The van der Waals surface area contributed by atoms with Gasteiger partial charge in [0.15, 0.2) is 11.3 Å². The van der Waals surface area contributed by atoms with Gasteiger partial charge in [0.2, 0.25) is 0 Å². The van der Waals surface area contributed by atoms with E-state index in [2.05, 4.69) is 9.88 Å². The second-order valence-corrected chi connectivity index (χ2v) is 8.52. The Bertz CT molecular complexity index is 1200. The zero-order valence-electron chi connectivity index (χ0n) is 15.5. The van der Waals surface area contributed by atoms with Gasteiger partial charge in [-0.1, -0.05) is 5.16 Å². The zero-order chi connectivity index (χ0) is 20.4. The maximum Gasteiger partial charge on any atom is 0.276 e. The molecule has 1 aliphatic rings. The lowest BCUT2D eigenvalue weighted by Gasteiger charge is -2.25. The van der Waals surface area contributed by atoms with E-state index in [1.165, 1.54) is 42.5 Å². The first kappa shape index (κ1) is 19.0. The van der Waals surface area contributed by atoms with Gasteiger partial charge in [0.05, 0.1) is 21.9 Å². The number of rotatable bonds is 4. The summed E-state index contributed by atoms with van der Waals surface area (Å²) in [6.07, 6.45) is 2.97. The van der Waals surface area contributed by atoms with Crippen molar-refractivity contribution in [2.75, 3.05) is 17.8 Å². The number of sulfonamides is 1. The van der Waals surface area contributed by atoms with Gasteiger partial charge in [-0.2, -0.15) is 5.26 Å². The van der Waals surface area contributed by atoms with Crippen molar-refractivity contribution in [2.24, 2.45) is 0 Å². The highest BCUT2D eigenvalue weighted by Crippen LogP contribution is 2.26. The predicted octanol–water partition coefficient (Wildman–Crippen LogP) is 3.13. The van der Waals surface area contributed by atoms with Crippen LogP contribution in [0.25, 0.3) is 11.0 Å². The van der Waals surface area contributed by atoms with Crippen LogP contribution in [-0.2, 0) is 10.0 Å². The van der Waals surface area contributed by atoms with E-state index in [9.17, 15) is 13.2 Å². The number of likely N-dealkylation sites (tertiary alicyclic amines) is 1. The van der Waals surface area contributed by atoms with Gasteiger partial charge in [-0.15, -0.1) is 0 Å². The number of amides is 1. The van der Waals surface area contributed by atoms with E-state index in [0.717, 1.165) is 19.3 Å². The first-order valence-electron chi connectivity index (χ1n) is 9.20. The van der Waals surface area contributed by atoms with Crippen molar-refractivity contribution < 1.29 is 17.7 Å². The highest BCUT2D eigenvalue weighted by Gasteiger charge is 2.25. The van der Waals surface area contributed by atoms with Gasteiger partial charge in [-0.25, -0.2) is 8.42 Å². The number of carbonyl (C=O) groups excluding carboxylic acids is 1. The number of anilines is 1. The summed E-state index contributed by atoms with van der Waals surface area (Å²) in [5.41, 5.74) is 1.23. The van der Waals surface area contributed by atoms with E-state index in [-0.39, 0.29) is 16.5 Å². The summed E-state index contributed by atoms with van der Waals surface area (Å²) in [6.45, 7) is 1.32. The Kier molecular flexibility index (Phi) is 4.94. The van der Waals surface area contributed by atoms with E-state index in [1.807, 2.05) is 6.07 Å². The number of nitrogens with zero attached hydrogens (tertiary/aromatic N) is 3. The molecule has 148 valence electrons. The number of hydrogen-bond donors (Lipinski definition) is 1. The number of piperidine rings is 1. The third-order valence-electron chi connectivity index (χ3n) is 4.86. The lowest BCUT2D eigenvalue weighted by molar-refractivity contribution is 0.0716. The quantitative estimate of drug-likeness (QED) is 0.706. The van der Waals surface area contributed by atoms with Gasteiger partial charge in [0.25, 0.3) is 15.9 Å². The SMILES string of the molecule is N#Cc1ccc(NS(=O)(=O)c2ccc3onc(C(=O)N4CCCCC4)c3c2)cc1. The summed E-state index contributed by atoms with van der Waals surface area (Å²) in [5.74, 6) is -0.252. The normalized spacial score (nSPS) is 14.5. The number of benzene rings is 2. The van der Waals surface area contributed by atoms with Crippen LogP contribution in [0.4, 0.5) is 5.69 Å². The minimum atomic E-state index is -3.90. The fourth-order valence-corrected chi connectivity index (χ4v) is 4.40. The van der Waals surface area contributed by atoms with Crippen molar-refractivity contribution in [1.82, 2.24) is 10.1 Å². The van der Waals surface area contributed by atoms with Crippen molar-refractivity contribution in [2.45, 2.75) is 24.2 Å². The largest absolute Gasteiger partial charge is 0.355 e. The van der Waals surface area contributed by atoms with Gasteiger partial charge in [0.1, 0.15) is 0 Å². The standard InChI is InChI=1S/C20H18N4O4S/c21-13-14-4-6-15(7-5-14)23-29(26,27)16-8-9-18-17(12-16)19(22-28-18)20(25)24-10-2-1-3-11-24/h4-9,12,23H,1-3,10-11H2. The molecule has 3 aromatic rings. The summed E-state index contributed by atoms with van der Waals surface area (Å²) < 4.78 is 33.3. The maximum atomic E-state index is 12.8. The number of aromatic nitrogens is 1. The second-order valence-electron chi connectivity index (χ2n) is 6.84. The first-order chi connectivity index (χ1) is 14.0. The summed E-state index contributed by atoms with van der Waals surface area (Å²) >= 11 is 0. The van der Waals surface area contributed by atoms with Crippen molar-refractivity contribution in [3.05, 3.63) is 53.7 Å². The number of hydrogen-bond acceptors (Lipinski definition) is 6. The molecule has 1 N–H and O–H groups in total. The van der Waals surface area contributed by atoms with Gasteiger partial charge in [0, 0.05) is 18.8 Å². The minimum absolute atomic E-state index is 0.00902. The molecular formula is C20H18N4O4S. The summed E-state index contributed by atoms with van der Waals surface area (Å²) in [6, 6.07) is 12.3. The van der Waals surface area contributed by atoms with Gasteiger partial charge in [-0.3, -0.25) is 9.52 Å². The highest BCUT2D eigenvalue weighted by atomic mass is 32.2. The molecule has 4 rings (SSSR count). The third kappa shape index (κ3) is 3.79. The van der Waals surface area contributed by atoms with Crippen LogP contribution in [0.5, 0.6) is 0 Å². The molecule has 8 nitrogen and oxygen atoms in total. The van der Waals surface area contributed by atoms with Crippen LogP contribution in [0, 0.1) is 11.3 Å². The topological polar surface area (TPSA) is 116 Å². The molecule has 9 heteroatoms. The molecule has 0 radical (unpaired) electrons. The molecule has 0 aliphatic carbocycles. The molecule has 29 heavy (non-hydrogen) atoms. The number of nitriles is 1. The minimum Gasteiger partial charge on any atom is -0.355 e. The van der Waals surface area contributed by atoms with Gasteiger partial charge < -0.3 is 9.42 Å². The van der Waals surface area contributed by atoms with E-state index < -0.39 is 10.0 Å². The molecule has 0 atom stereocenters. The lowest BCUT2D eigenvalue weighted by Crippen LogP contribution is -2.35. The van der Waals surface area contributed by atoms with Crippen LogP contribution < -0.4 is 4.72 Å². The fraction of sp³-hybridized carbons (Fsp3) is 0.250. The van der Waals surface area contributed by atoms with Crippen molar-refractivity contribution >= 4 is 32.6 Å². The van der Waals surface area contributed by atoms with E-state index in [1.54, 1.807) is 4.90 Å². The average Bonchev–Trinajstić information content (AvgIpc) is 3.17. The van der Waals surface area contributed by atoms with E-state index >= 15 is 0 Å². The maximum absolute atomic E-state index is 12.8. The van der Waals surface area contributed by atoms with Crippen LogP contribution in [0.2, 0.25) is 0 Å². The van der Waals surface area contributed by atoms with Crippen LogP contribution in [0.15, 0.2) is 51.9 Å². The summed E-state index contributed by atoms with van der Waals surface area (Å²) in [7, 11) is -3.90. The first-order valence-corrected chi connectivity index (χ1v) is 10.7. The second kappa shape index (κ2) is 7.56. The highest BCUT2D eigenvalue weighted by molar-refractivity contribution is 7.92. The van der Waals surface area contributed by atoms with E-state index in [0.29, 0.717) is 35.3 Å². The molecule has 0 unspecified atom stereocenters. The molecule has 0 bridgehead atoms. The van der Waals surface area contributed by atoms with Crippen molar-refractivity contribution in [3.8, 4) is 6.07 Å². The number of carbonyl (C=O) groups is 1. The fourth-order valence-electron chi connectivity index (χ4n) is 3.31. The Morgan fingerprint density at radius 1 is 1.10 bits per heavy atom. The average molecular weight is 410 g/mol. The van der Waals surface area contributed by atoms with Crippen LogP contribution in [0.3, 0.4) is 0 Å². The van der Waals surface area contributed by atoms with Crippen molar-refractivity contribution in [1.29, 1.82) is 5.26 Å². The predicted molar refractivity (Wildman–Crippen MR) is 106 cm³/mol. The van der Waals surface area contributed by atoms with Crippen molar-refractivity contribution in [3.63, 3.8) is 0 Å². The Balaban J connectivity index is 1.65. The molecule has 2 heterocycles. The number of nitrogens with one attached hydrogen (secondary N) is 1. The molecular weight excluding hydrogens is 392 g/mol. The molecule has 1 fully saturated rings.